The van der Waals surface area contributed by atoms with Crippen molar-refractivity contribution in [3.05, 3.63) is 59.9 Å². The number of aryl methyl sites for hydroxylation is 1. The molecule has 0 radical (unpaired) electrons. The minimum Gasteiger partial charge on any atom is -0.486 e. The number of hydrogen-bond acceptors (Lipinski definition) is 3. The van der Waals surface area contributed by atoms with Gasteiger partial charge in [0.2, 0.25) is 0 Å². The fraction of sp³-hybridized carbons (Fsp3) is 0.278. The van der Waals surface area contributed by atoms with Gasteiger partial charge < -0.3 is 14.0 Å². The molecule has 0 fully saturated rings. The van der Waals surface area contributed by atoms with E-state index in [1.807, 2.05) is 36.4 Å². The van der Waals surface area contributed by atoms with Gasteiger partial charge in [-0.25, -0.2) is 4.98 Å². The van der Waals surface area contributed by atoms with Gasteiger partial charge >= 0.3 is 0 Å². The Morgan fingerprint density at radius 1 is 1.09 bits per heavy atom. The molecule has 22 heavy (non-hydrogen) atoms. The number of imidazole rings is 1. The van der Waals surface area contributed by atoms with E-state index in [0.29, 0.717) is 13.2 Å². The first kappa shape index (κ1) is 14.6. The Hall–Kier alpha value is -2.33. The highest BCUT2D eigenvalue weighted by molar-refractivity contribution is 5.75. The van der Waals surface area contributed by atoms with E-state index >= 15 is 0 Å². The summed E-state index contributed by atoms with van der Waals surface area (Å²) in [5, 5.41) is 0. The number of para-hydroxylation sites is 2. The second-order valence-electron chi connectivity index (χ2n) is 5.27. The molecule has 114 valence electrons. The molecular weight excluding hydrogens is 276 g/mol. The number of ether oxygens (including phenoxy) is 2. The van der Waals surface area contributed by atoms with Gasteiger partial charge in [0.1, 0.15) is 18.2 Å². The van der Waals surface area contributed by atoms with E-state index in [1.54, 1.807) is 7.11 Å². The van der Waals surface area contributed by atoms with Crippen molar-refractivity contribution < 1.29 is 9.47 Å². The van der Waals surface area contributed by atoms with Crippen LogP contribution in [0, 0.1) is 6.92 Å². The molecule has 0 saturated heterocycles. The Kier molecular flexibility index (Phi) is 4.39. The van der Waals surface area contributed by atoms with Gasteiger partial charge in [-0.2, -0.15) is 0 Å². The molecule has 4 nitrogen and oxygen atoms in total. The highest BCUT2D eigenvalue weighted by Gasteiger charge is 2.10. The molecule has 0 saturated carbocycles. The normalized spacial score (nSPS) is 11.0. The van der Waals surface area contributed by atoms with Gasteiger partial charge in [0.15, 0.2) is 0 Å². The molecule has 1 aromatic heterocycles. The zero-order chi connectivity index (χ0) is 15.4. The van der Waals surface area contributed by atoms with E-state index in [4.69, 9.17) is 9.47 Å². The molecule has 0 amide bonds. The average molecular weight is 296 g/mol. The van der Waals surface area contributed by atoms with Gasteiger partial charge in [0.25, 0.3) is 0 Å². The van der Waals surface area contributed by atoms with Crippen molar-refractivity contribution in [1.82, 2.24) is 9.55 Å². The van der Waals surface area contributed by atoms with Gasteiger partial charge in [-0.1, -0.05) is 24.3 Å². The van der Waals surface area contributed by atoms with Crippen LogP contribution < -0.4 is 4.74 Å². The molecule has 0 unspecified atom stereocenters. The highest BCUT2D eigenvalue weighted by Crippen LogP contribution is 2.19. The first-order valence-electron chi connectivity index (χ1n) is 7.40. The first-order chi connectivity index (χ1) is 10.8. The lowest BCUT2D eigenvalue weighted by atomic mass is 10.2. The number of methoxy groups -OCH3 is 1. The van der Waals surface area contributed by atoms with Crippen LogP contribution in [0.2, 0.25) is 0 Å². The van der Waals surface area contributed by atoms with Crippen molar-refractivity contribution >= 4 is 11.0 Å². The van der Waals surface area contributed by atoms with E-state index in [2.05, 4.69) is 28.6 Å². The van der Waals surface area contributed by atoms with Gasteiger partial charge in [0.05, 0.1) is 17.6 Å². The maximum absolute atomic E-state index is 5.90. The summed E-state index contributed by atoms with van der Waals surface area (Å²) in [6, 6.07) is 16.2. The second kappa shape index (κ2) is 6.62. The molecular formula is C18H20N2O2. The summed E-state index contributed by atoms with van der Waals surface area (Å²) in [7, 11) is 1.71. The second-order valence-corrected chi connectivity index (χ2v) is 5.27. The number of nitrogens with zero attached hydrogens (tertiary/aromatic N) is 2. The Morgan fingerprint density at radius 2 is 1.95 bits per heavy atom. The maximum atomic E-state index is 5.90. The zero-order valence-electron chi connectivity index (χ0n) is 13.0. The molecule has 0 atom stereocenters. The number of fused-ring (bicyclic) bond motifs is 1. The van der Waals surface area contributed by atoms with Crippen LogP contribution in [0.4, 0.5) is 0 Å². The van der Waals surface area contributed by atoms with Gasteiger partial charge in [-0.3, -0.25) is 0 Å². The lowest BCUT2D eigenvalue weighted by molar-refractivity contribution is 0.185. The smallest absolute Gasteiger partial charge is 0.148 e. The van der Waals surface area contributed by atoms with Crippen LogP contribution in [0.15, 0.2) is 48.5 Å². The van der Waals surface area contributed by atoms with Crippen LogP contribution in [0.3, 0.4) is 0 Å². The Balaban J connectivity index is 1.85. The number of benzene rings is 2. The van der Waals surface area contributed by atoms with E-state index in [0.717, 1.165) is 29.2 Å². The quantitative estimate of drug-likeness (QED) is 0.697. The van der Waals surface area contributed by atoms with Crippen molar-refractivity contribution in [2.75, 3.05) is 13.7 Å². The number of rotatable bonds is 6. The molecule has 0 spiro atoms. The third-order valence-corrected chi connectivity index (χ3v) is 3.61. The zero-order valence-corrected chi connectivity index (χ0v) is 13.0. The summed E-state index contributed by atoms with van der Waals surface area (Å²) in [4.78, 5) is 4.69. The summed E-state index contributed by atoms with van der Waals surface area (Å²) >= 11 is 0. The summed E-state index contributed by atoms with van der Waals surface area (Å²) in [5.41, 5.74) is 3.29. The lowest BCUT2D eigenvalue weighted by Gasteiger charge is -2.10. The summed E-state index contributed by atoms with van der Waals surface area (Å²) in [5.74, 6) is 1.78. The molecule has 4 heteroatoms. The van der Waals surface area contributed by atoms with E-state index in [9.17, 15) is 0 Å². The predicted octanol–water partition coefficient (Wildman–Crippen LogP) is 3.57. The predicted molar refractivity (Wildman–Crippen MR) is 87.1 cm³/mol. The summed E-state index contributed by atoms with van der Waals surface area (Å²) in [6.45, 7) is 3.92. The molecule has 3 aromatic rings. The van der Waals surface area contributed by atoms with Crippen LogP contribution in [-0.2, 0) is 17.9 Å². The highest BCUT2D eigenvalue weighted by atomic mass is 16.5. The molecule has 2 aromatic carbocycles. The lowest BCUT2D eigenvalue weighted by Crippen LogP contribution is -2.10. The fourth-order valence-electron chi connectivity index (χ4n) is 2.52. The van der Waals surface area contributed by atoms with Gasteiger partial charge in [-0.05, 0) is 36.8 Å². The monoisotopic (exact) mass is 296 g/mol. The van der Waals surface area contributed by atoms with Crippen molar-refractivity contribution in [3.63, 3.8) is 0 Å². The van der Waals surface area contributed by atoms with Crippen LogP contribution in [0.1, 0.15) is 11.4 Å². The third-order valence-electron chi connectivity index (χ3n) is 3.61. The molecule has 3 rings (SSSR count). The first-order valence-corrected chi connectivity index (χ1v) is 7.40. The minimum absolute atomic E-state index is 0.446. The topological polar surface area (TPSA) is 36.3 Å². The van der Waals surface area contributed by atoms with Crippen molar-refractivity contribution in [2.45, 2.75) is 20.1 Å². The van der Waals surface area contributed by atoms with Crippen LogP contribution in [-0.4, -0.2) is 23.3 Å². The van der Waals surface area contributed by atoms with E-state index in [1.165, 1.54) is 5.56 Å². The van der Waals surface area contributed by atoms with E-state index in [-0.39, 0.29) is 0 Å². The van der Waals surface area contributed by atoms with E-state index < -0.39 is 0 Å². The molecule has 0 N–H and O–H groups in total. The van der Waals surface area contributed by atoms with Crippen molar-refractivity contribution in [1.29, 1.82) is 0 Å². The van der Waals surface area contributed by atoms with Crippen molar-refractivity contribution in [2.24, 2.45) is 0 Å². The molecule has 0 aliphatic carbocycles. The largest absolute Gasteiger partial charge is 0.486 e. The minimum atomic E-state index is 0.446. The number of hydrogen-bond donors (Lipinski definition) is 0. The Labute approximate surface area is 130 Å². The van der Waals surface area contributed by atoms with Crippen LogP contribution >= 0.6 is 0 Å². The van der Waals surface area contributed by atoms with Crippen LogP contribution in [0.25, 0.3) is 11.0 Å². The summed E-state index contributed by atoms with van der Waals surface area (Å²) in [6.07, 6.45) is 0. The SMILES string of the molecule is COCCn1c(COc2cccc(C)c2)nc2ccccc21. The Bertz CT molecular complexity index is 765. The standard InChI is InChI=1S/C18H20N2O2/c1-14-6-5-7-15(12-14)22-13-18-19-16-8-3-4-9-17(16)20(18)10-11-21-2/h3-9,12H,10-11,13H2,1-2H3. The number of aromatic nitrogens is 2. The average Bonchev–Trinajstić information content (AvgIpc) is 2.88. The third kappa shape index (κ3) is 3.12. The Morgan fingerprint density at radius 3 is 2.77 bits per heavy atom. The van der Waals surface area contributed by atoms with Crippen LogP contribution in [0.5, 0.6) is 5.75 Å². The molecule has 0 bridgehead atoms. The van der Waals surface area contributed by atoms with Crippen molar-refractivity contribution in [3.8, 4) is 5.75 Å². The molecule has 0 aliphatic rings. The molecule has 0 aliphatic heterocycles. The molecule has 1 heterocycles. The van der Waals surface area contributed by atoms with Gasteiger partial charge in [0, 0.05) is 13.7 Å². The fourth-order valence-corrected chi connectivity index (χ4v) is 2.52. The summed E-state index contributed by atoms with van der Waals surface area (Å²) < 4.78 is 13.3. The van der Waals surface area contributed by atoms with Gasteiger partial charge in [-0.15, -0.1) is 0 Å². The maximum Gasteiger partial charge on any atom is 0.148 e.